The number of rotatable bonds is 1. The molecule has 0 bridgehead atoms. The molecule has 6 nitrogen and oxygen atoms in total. The first kappa shape index (κ1) is 14.6. The van der Waals surface area contributed by atoms with Crippen LogP contribution >= 0.6 is 0 Å². The Kier molecular flexibility index (Phi) is 2.85. The first-order chi connectivity index (χ1) is 9.52. The summed E-state index contributed by atoms with van der Waals surface area (Å²) in [6.07, 6.45) is -2.86. The van der Waals surface area contributed by atoms with E-state index in [1.807, 2.05) is 27.7 Å². The maximum atomic E-state index is 14.5. The molecule has 2 N–H and O–H groups in total. The van der Waals surface area contributed by atoms with Crippen molar-refractivity contribution in [1.82, 2.24) is 0 Å². The second-order valence-electron chi connectivity index (χ2n) is 6.14. The molecule has 21 heavy (non-hydrogen) atoms. The Bertz CT molecular complexity index is 585. The average molecular weight is 298 g/mol. The lowest BCUT2D eigenvalue weighted by Crippen LogP contribution is -2.41. The first-order valence-electron chi connectivity index (χ1n) is 6.53. The molecule has 114 valence electrons. The molecule has 3 rings (SSSR count). The number of aliphatic hydroxyl groups is 2. The highest BCUT2D eigenvalue weighted by Gasteiger charge is 2.53. The molecule has 2 aliphatic heterocycles. The van der Waals surface area contributed by atoms with Crippen LogP contribution in [0.4, 0.5) is 4.39 Å². The van der Waals surface area contributed by atoms with Crippen LogP contribution in [0.5, 0.6) is 11.5 Å². The second kappa shape index (κ2) is 4.10. The SMILES string of the molecule is CC1(C)OB(c2ccc3c(c2F)OC(O)(O)O3)OC1(C)C. The summed E-state index contributed by atoms with van der Waals surface area (Å²) in [5.41, 5.74) is -1.12. The van der Waals surface area contributed by atoms with Gasteiger partial charge >= 0.3 is 13.3 Å². The third kappa shape index (κ3) is 2.19. The smallest absolute Gasteiger partial charge is 0.403 e. The maximum Gasteiger partial charge on any atom is 0.505 e. The van der Waals surface area contributed by atoms with Crippen molar-refractivity contribution in [3.05, 3.63) is 17.9 Å². The molecular weight excluding hydrogens is 282 g/mol. The van der Waals surface area contributed by atoms with E-state index in [4.69, 9.17) is 9.31 Å². The molecule has 2 heterocycles. The van der Waals surface area contributed by atoms with E-state index in [0.717, 1.165) is 0 Å². The molecule has 0 unspecified atom stereocenters. The zero-order chi connectivity index (χ0) is 15.6. The summed E-state index contributed by atoms with van der Waals surface area (Å²) in [6.45, 7) is 7.41. The van der Waals surface area contributed by atoms with Crippen molar-refractivity contribution in [1.29, 1.82) is 0 Å². The summed E-state index contributed by atoms with van der Waals surface area (Å²) in [5.74, 6) is -1.29. The summed E-state index contributed by atoms with van der Waals surface area (Å²) in [4.78, 5) is 0. The molecule has 0 amide bonds. The topological polar surface area (TPSA) is 77.4 Å². The number of hydrogen-bond acceptors (Lipinski definition) is 6. The number of halogens is 1. The van der Waals surface area contributed by atoms with Crippen molar-refractivity contribution >= 4 is 12.6 Å². The Morgan fingerprint density at radius 2 is 1.57 bits per heavy atom. The van der Waals surface area contributed by atoms with Crippen molar-refractivity contribution in [2.24, 2.45) is 0 Å². The highest BCUT2D eigenvalue weighted by Crippen LogP contribution is 2.41. The van der Waals surface area contributed by atoms with Crippen LogP contribution < -0.4 is 14.9 Å². The Hall–Kier alpha value is -1.35. The predicted molar refractivity (Wildman–Crippen MR) is 70.5 cm³/mol. The number of benzene rings is 1. The van der Waals surface area contributed by atoms with Crippen molar-refractivity contribution < 1.29 is 33.4 Å². The third-order valence-electron chi connectivity index (χ3n) is 4.08. The monoisotopic (exact) mass is 298 g/mol. The lowest BCUT2D eigenvalue weighted by atomic mass is 9.78. The largest absolute Gasteiger partial charge is 0.505 e. The summed E-state index contributed by atoms with van der Waals surface area (Å²) in [5, 5.41) is 18.5. The van der Waals surface area contributed by atoms with Crippen molar-refractivity contribution in [3.63, 3.8) is 0 Å². The normalized spacial score (nSPS) is 24.4. The molecular formula is C13H16BFO6. The van der Waals surface area contributed by atoms with Crippen LogP contribution in [0.1, 0.15) is 27.7 Å². The van der Waals surface area contributed by atoms with Crippen LogP contribution in [0.25, 0.3) is 0 Å². The number of fused-ring (bicyclic) bond motifs is 1. The van der Waals surface area contributed by atoms with E-state index in [-0.39, 0.29) is 17.0 Å². The van der Waals surface area contributed by atoms with Gasteiger partial charge in [0.25, 0.3) is 0 Å². The van der Waals surface area contributed by atoms with Gasteiger partial charge in [-0.2, -0.15) is 0 Å². The molecule has 0 spiro atoms. The van der Waals surface area contributed by atoms with Crippen LogP contribution in [-0.4, -0.2) is 34.7 Å². The molecule has 0 atom stereocenters. The van der Waals surface area contributed by atoms with Gasteiger partial charge in [0.1, 0.15) is 0 Å². The minimum Gasteiger partial charge on any atom is -0.403 e. The van der Waals surface area contributed by atoms with Gasteiger partial charge < -0.3 is 18.8 Å². The Balaban J connectivity index is 1.97. The molecule has 1 aromatic carbocycles. The van der Waals surface area contributed by atoms with E-state index in [1.54, 1.807) is 0 Å². The lowest BCUT2D eigenvalue weighted by Gasteiger charge is -2.32. The van der Waals surface area contributed by atoms with Gasteiger partial charge in [-0.15, -0.1) is 0 Å². The van der Waals surface area contributed by atoms with Gasteiger partial charge in [0.2, 0.25) is 5.75 Å². The van der Waals surface area contributed by atoms with Crippen LogP contribution in [0, 0.1) is 5.82 Å². The molecule has 0 aliphatic carbocycles. The minimum atomic E-state index is -2.86. The van der Waals surface area contributed by atoms with Crippen molar-refractivity contribution in [3.8, 4) is 11.5 Å². The van der Waals surface area contributed by atoms with Gasteiger partial charge in [-0.3, -0.25) is 10.2 Å². The fourth-order valence-corrected chi connectivity index (χ4v) is 2.18. The van der Waals surface area contributed by atoms with E-state index in [0.29, 0.717) is 0 Å². The molecule has 1 saturated heterocycles. The van der Waals surface area contributed by atoms with Gasteiger partial charge in [-0.1, -0.05) is 6.07 Å². The zero-order valence-electron chi connectivity index (χ0n) is 12.1. The number of ether oxygens (including phenoxy) is 2. The lowest BCUT2D eigenvalue weighted by molar-refractivity contribution is -0.386. The Morgan fingerprint density at radius 3 is 2.14 bits per heavy atom. The second-order valence-corrected chi connectivity index (χ2v) is 6.14. The summed E-state index contributed by atoms with van der Waals surface area (Å²) >= 11 is 0. The van der Waals surface area contributed by atoms with Gasteiger partial charge in [0, 0.05) is 5.46 Å². The molecule has 1 aromatic rings. The summed E-state index contributed by atoms with van der Waals surface area (Å²) in [6, 6.07) is 2.77. The predicted octanol–water partition coefficient (Wildman–Crippen LogP) is 0.492. The molecule has 8 heteroatoms. The van der Waals surface area contributed by atoms with E-state index < -0.39 is 30.3 Å². The van der Waals surface area contributed by atoms with Crippen LogP contribution in [0.15, 0.2) is 12.1 Å². The summed E-state index contributed by atoms with van der Waals surface area (Å²) < 4.78 is 35.3. The van der Waals surface area contributed by atoms with Crippen LogP contribution in [-0.2, 0) is 9.31 Å². The highest BCUT2D eigenvalue weighted by atomic mass is 19.1. The summed E-state index contributed by atoms with van der Waals surface area (Å²) in [7, 11) is -0.920. The molecule has 1 fully saturated rings. The van der Waals surface area contributed by atoms with Gasteiger partial charge in [-0.25, -0.2) is 4.39 Å². The average Bonchev–Trinajstić information content (AvgIpc) is 2.73. The maximum absolute atomic E-state index is 14.5. The van der Waals surface area contributed by atoms with Gasteiger partial charge in [-0.05, 0) is 33.8 Å². The van der Waals surface area contributed by atoms with Crippen molar-refractivity contribution in [2.75, 3.05) is 0 Å². The van der Waals surface area contributed by atoms with E-state index >= 15 is 0 Å². The van der Waals surface area contributed by atoms with Gasteiger partial charge in [0.05, 0.1) is 11.2 Å². The van der Waals surface area contributed by atoms with E-state index in [9.17, 15) is 14.6 Å². The van der Waals surface area contributed by atoms with Crippen LogP contribution in [0.2, 0.25) is 0 Å². The number of hydrogen-bond donors (Lipinski definition) is 2. The zero-order valence-corrected chi connectivity index (χ0v) is 12.1. The van der Waals surface area contributed by atoms with Crippen molar-refractivity contribution in [2.45, 2.75) is 45.1 Å². The Labute approximate surface area is 121 Å². The molecule has 0 aromatic heterocycles. The minimum absolute atomic E-state index is 0.0993. The molecule has 0 saturated carbocycles. The quantitative estimate of drug-likeness (QED) is 0.580. The van der Waals surface area contributed by atoms with Gasteiger partial charge in [0.15, 0.2) is 11.6 Å². The fourth-order valence-electron chi connectivity index (χ4n) is 2.18. The Morgan fingerprint density at radius 1 is 1.00 bits per heavy atom. The van der Waals surface area contributed by atoms with E-state index in [2.05, 4.69) is 9.47 Å². The molecule has 2 aliphatic rings. The fraction of sp³-hybridized carbons (Fsp3) is 0.538. The first-order valence-corrected chi connectivity index (χ1v) is 6.53. The molecule has 0 radical (unpaired) electrons. The highest BCUT2D eigenvalue weighted by molar-refractivity contribution is 6.62. The standard InChI is InChI=1S/C13H16BFO6/c1-11(2)12(3,4)21-14(20-11)7-5-6-8-10(9(7)15)19-13(16,17)18-8/h5-6,16-17H,1-4H3. The van der Waals surface area contributed by atoms with Crippen LogP contribution in [0.3, 0.4) is 0 Å². The van der Waals surface area contributed by atoms with E-state index in [1.165, 1.54) is 12.1 Å². The third-order valence-corrected chi connectivity index (χ3v) is 4.08.